The van der Waals surface area contributed by atoms with Crippen LogP contribution in [0, 0.1) is 0 Å². The highest BCUT2D eigenvalue weighted by atomic mass is 35.5. The molecule has 0 spiro atoms. The molecule has 3 aromatic rings. The van der Waals surface area contributed by atoms with E-state index in [2.05, 4.69) is 15.3 Å². The highest BCUT2D eigenvalue weighted by molar-refractivity contribution is 6.34. The van der Waals surface area contributed by atoms with Crippen molar-refractivity contribution in [2.45, 2.75) is 6.54 Å². The summed E-state index contributed by atoms with van der Waals surface area (Å²) in [5.74, 6) is -0.415. The van der Waals surface area contributed by atoms with Crippen LogP contribution in [0.4, 0.5) is 0 Å². The highest BCUT2D eigenvalue weighted by Gasteiger charge is 2.24. The zero-order chi connectivity index (χ0) is 18.7. The number of carbonyl (C=O) groups is 1. The molecule has 0 N–H and O–H groups in total. The van der Waals surface area contributed by atoms with E-state index in [1.807, 2.05) is 6.07 Å². The van der Waals surface area contributed by atoms with Crippen molar-refractivity contribution in [1.29, 1.82) is 0 Å². The number of hydroxylamine groups is 2. The molecule has 0 aliphatic carbocycles. The third kappa shape index (κ3) is 3.85. The number of rotatable bonds is 5. The van der Waals surface area contributed by atoms with Crippen LogP contribution in [0.1, 0.15) is 16.1 Å². The van der Waals surface area contributed by atoms with E-state index in [-0.39, 0.29) is 5.69 Å². The Labute approximate surface area is 160 Å². The summed E-state index contributed by atoms with van der Waals surface area (Å²) in [7, 11) is 2.91. The average Bonchev–Trinajstić information content (AvgIpc) is 3.03. The van der Waals surface area contributed by atoms with Gasteiger partial charge in [0.15, 0.2) is 5.69 Å². The maximum absolute atomic E-state index is 12.6. The number of benzene rings is 1. The summed E-state index contributed by atoms with van der Waals surface area (Å²) >= 11 is 12.1. The summed E-state index contributed by atoms with van der Waals surface area (Å²) in [6.07, 6.45) is 3.29. The van der Waals surface area contributed by atoms with Gasteiger partial charge in [0.1, 0.15) is 5.69 Å². The maximum Gasteiger partial charge on any atom is 0.299 e. The summed E-state index contributed by atoms with van der Waals surface area (Å²) < 4.78 is 1.61. The van der Waals surface area contributed by atoms with Gasteiger partial charge in [0, 0.05) is 35.1 Å². The van der Waals surface area contributed by atoms with Crippen LogP contribution in [0.2, 0.25) is 10.0 Å². The Morgan fingerprint density at radius 2 is 2.00 bits per heavy atom. The number of aromatic nitrogens is 4. The highest BCUT2D eigenvalue weighted by Crippen LogP contribution is 2.25. The smallest absolute Gasteiger partial charge is 0.274 e. The van der Waals surface area contributed by atoms with Gasteiger partial charge in [0.05, 0.1) is 13.7 Å². The van der Waals surface area contributed by atoms with Crippen molar-refractivity contribution < 1.29 is 9.63 Å². The van der Waals surface area contributed by atoms with Crippen LogP contribution in [0.25, 0.3) is 11.3 Å². The number of pyridine rings is 1. The largest absolute Gasteiger partial charge is 0.299 e. The molecule has 9 heteroatoms. The summed E-state index contributed by atoms with van der Waals surface area (Å²) in [5, 5.41) is 10.3. The van der Waals surface area contributed by atoms with Crippen LogP contribution in [0.3, 0.4) is 0 Å². The molecule has 26 heavy (non-hydrogen) atoms. The van der Waals surface area contributed by atoms with E-state index in [0.717, 1.165) is 10.6 Å². The number of nitrogens with zero attached hydrogens (tertiary/aromatic N) is 5. The third-order valence-electron chi connectivity index (χ3n) is 3.69. The first-order chi connectivity index (χ1) is 12.5. The van der Waals surface area contributed by atoms with E-state index < -0.39 is 5.91 Å². The number of hydrogen-bond acceptors (Lipinski definition) is 5. The van der Waals surface area contributed by atoms with E-state index in [0.29, 0.717) is 27.8 Å². The van der Waals surface area contributed by atoms with Crippen molar-refractivity contribution in [1.82, 2.24) is 25.0 Å². The standard InChI is InChI=1S/C17H15Cl2N5O2/c1-23(26-2)17(25)15-16(12-4-3-5-20-9-12)24(22-21-15)10-11-6-13(18)8-14(19)7-11/h3-9H,10H2,1-2H3. The normalized spacial score (nSPS) is 10.8. The fourth-order valence-corrected chi connectivity index (χ4v) is 3.03. The summed E-state index contributed by atoms with van der Waals surface area (Å²) in [4.78, 5) is 21.7. The second-order valence-corrected chi connectivity index (χ2v) is 6.32. The van der Waals surface area contributed by atoms with E-state index in [1.54, 1.807) is 41.3 Å². The minimum atomic E-state index is -0.415. The molecule has 3 rings (SSSR count). The first-order valence-electron chi connectivity index (χ1n) is 7.60. The van der Waals surface area contributed by atoms with Crippen LogP contribution in [0.15, 0.2) is 42.7 Å². The van der Waals surface area contributed by atoms with Gasteiger partial charge in [-0.1, -0.05) is 28.4 Å². The molecule has 0 saturated heterocycles. The topological polar surface area (TPSA) is 73.1 Å². The average molecular weight is 392 g/mol. The second-order valence-electron chi connectivity index (χ2n) is 5.45. The number of halogens is 2. The van der Waals surface area contributed by atoms with Crippen LogP contribution < -0.4 is 0 Å². The number of hydrogen-bond donors (Lipinski definition) is 0. The van der Waals surface area contributed by atoms with E-state index >= 15 is 0 Å². The minimum Gasteiger partial charge on any atom is -0.274 e. The maximum atomic E-state index is 12.6. The van der Waals surface area contributed by atoms with Gasteiger partial charge in [0.2, 0.25) is 0 Å². The molecule has 0 radical (unpaired) electrons. The Morgan fingerprint density at radius 1 is 1.27 bits per heavy atom. The van der Waals surface area contributed by atoms with Crippen LogP contribution in [-0.2, 0) is 11.4 Å². The van der Waals surface area contributed by atoms with E-state index in [4.69, 9.17) is 28.0 Å². The van der Waals surface area contributed by atoms with Gasteiger partial charge in [-0.25, -0.2) is 9.75 Å². The Balaban J connectivity index is 2.08. The monoisotopic (exact) mass is 391 g/mol. The molecular weight excluding hydrogens is 377 g/mol. The molecule has 0 aliphatic rings. The van der Waals surface area contributed by atoms with Crippen molar-refractivity contribution in [3.63, 3.8) is 0 Å². The number of amides is 1. The Kier molecular flexibility index (Phi) is 5.51. The van der Waals surface area contributed by atoms with Gasteiger partial charge in [-0.3, -0.25) is 14.6 Å². The first kappa shape index (κ1) is 18.3. The molecule has 0 unspecified atom stereocenters. The molecule has 7 nitrogen and oxygen atoms in total. The zero-order valence-electron chi connectivity index (χ0n) is 14.1. The minimum absolute atomic E-state index is 0.162. The van der Waals surface area contributed by atoms with Crippen molar-refractivity contribution in [3.05, 3.63) is 64.0 Å². The van der Waals surface area contributed by atoms with Crippen LogP contribution >= 0.6 is 23.2 Å². The van der Waals surface area contributed by atoms with Crippen molar-refractivity contribution in [2.75, 3.05) is 14.2 Å². The molecule has 0 bridgehead atoms. The molecule has 2 heterocycles. The molecule has 134 valence electrons. The molecular formula is C17H15Cl2N5O2. The molecule has 1 aromatic carbocycles. The fraction of sp³-hybridized carbons (Fsp3) is 0.176. The molecule has 2 aromatic heterocycles. The molecule has 0 fully saturated rings. The van der Waals surface area contributed by atoms with E-state index in [9.17, 15) is 4.79 Å². The molecule has 0 aliphatic heterocycles. The lowest BCUT2D eigenvalue weighted by Gasteiger charge is -2.13. The third-order valence-corrected chi connectivity index (χ3v) is 4.12. The van der Waals surface area contributed by atoms with Gasteiger partial charge >= 0.3 is 0 Å². The lowest BCUT2D eigenvalue weighted by molar-refractivity contribution is -0.0760. The molecule has 0 atom stereocenters. The lowest BCUT2D eigenvalue weighted by Crippen LogP contribution is -2.26. The summed E-state index contributed by atoms with van der Waals surface area (Å²) in [5.41, 5.74) is 2.23. The lowest BCUT2D eigenvalue weighted by atomic mass is 10.1. The second kappa shape index (κ2) is 7.82. The quantitative estimate of drug-likeness (QED) is 0.623. The van der Waals surface area contributed by atoms with Crippen molar-refractivity contribution in [2.24, 2.45) is 0 Å². The van der Waals surface area contributed by atoms with Gasteiger partial charge in [-0.2, -0.15) is 0 Å². The van der Waals surface area contributed by atoms with Gasteiger partial charge in [-0.15, -0.1) is 5.10 Å². The van der Waals surface area contributed by atoms with Crippen molar-refractivity contribution in [3.8, 4) is 11.3 Å². The van der Waals surface area contributed by atoms with Gasteiger partial charge in [0.25, 0.3) is 5.91 Å². The molecule has 0 saturated carbocycles. The zero-order valence-corrected chi connectivity index (χ0v) is 15.6. The van der Waals surface area contributed by atoms with Crippen LogP contribution in [0.5, 0.6) is 0 Å². The van der Waals surface area contributed by atoms with Crippen molar-refractivity contribution >= 4 is 29.1 Å². The van der Waals surface area contributed by atoms with Crippen LogP contribution in [-0.4, -0.2) is 45.1 Å². The predicted octanol–water partition coefficient (Wildman–Crippen LogP) is 3.33. The molecule has 1 amide bonds. The predicted molar refractivity (Wildman–Crippen MR) is 97.9 cm³/mol. The fourth-order valence-electron chi connectivity index (χ4n) is 2.46. The van der Waals surface area contributed by atoms with Gasteiger partial charge in [-0.05, 0) is 35.9 Å². The number of carbonyl (C=O) groups excluding carboxylic acids is 1. The summed E-state index contributed by atoms with van der Waals surface area (Å²) in [6, 6.07) is 8.82. The summed E-state index contributed by atoms with van der Waals surface area (Å²) in [6.45, 7) is 0.335. The van der Waals surface area contributed by atoms with Gasteiger partial charge < -0.3 is 0 Å². The first-order valence-corrected chi connectivity index (χ1v) is 8.36. The van der Waals surface area contributed by atoms with E-state index in [1.165, 1.54) is 14.2 Å². The Morgan fingerprint density at radius 3 is 2.62 bits per heavy atom. The Hall–Kier alpha value is -2.48. The Bertz CT molecular complexity index is 910. The SMILES string of the molecule is CON(C)C(=O)c1nnn(Cc2cc(Cl)cc(Cl)c2)c1-c1cccnc1.